The van der Waals surface area contributed by atoms with E-state index in [9.17, 15) is 9.18 Å². The highest BCUT2D eigenvalue weighted by molar-refractivity contribution is 5.96. The van der Waals surface area contributed by atoms with Gasteiger partial charge in [-0.15, -0.1) is 0 Å². The second-order valence-corrected chi connectivity index (χ2v) is 6.91. The highest BCUT2D eigenvalue weighted by Gasteiger charge is 2.18. The molecular formula is C23H20FN3O. The van der Waals surface area contributed by atoms with Gasteiger partial charge in [-0.25, -0.2) is 9.37 Å². The third-order valence-electron chi connectivity index (χ3n) is 4.72. The molecule has 140 valence electrons. The largest absolute Gasteiger partial charge is 0.310 e. The predicted molar refractivity (Wildman–Crippen MR) is 109 cm³/mol. The maximum atomic E-state index is 13.1. The molecule has 0 spiro atoms. The summed E-state index contributed by atoms with van der Waals surface area (Å²) in [6.07, 6.45) is 2.07. The second kappa shape index (κ2) is 7.27. The Kier molecular flexibility index (Phi) is 4.65. The Bertz CT molecular complexity index is 1160. The van der Waals surface area contributed by atoms with Gasteiger partial charge in [0.2, 0.25) is 5.91 Å². The van der Waals surface area contributed by atoms with Crippen molar-refractivity contribution in [2.75, 3.05) is 5.32 Å². The molecule has 2 aromatic carbocycles. The molecule has 0 fully saturated rings. The van der Waals surface area contributed by atoms with Gasteiger partial charge < -0.3 is 5.32 Å². The summed E-state index contributed by atoms with van der Waals surface area (Å²) < 4.78 is 15.0. The first-order chi connectivity index (χ1) is 13.5. The zero-order chi connectivity index (χ0) is 19.7. The fourth-order valence-electron chi connectivity index (χ4n) is 3.26. The molecule has 4 aromatic rings. The normalized spacial score (nSPS) is 11.0. The molecule has 0 aliphatic carbocycles. The van der Waals surface area contributed by atoms with Crippen LogP contribution in [0, 0.1) is 19.7 Å². The van der Waals surface area contributed by atoms with Gasteiger partial charge in [0.25, 0.3) is 0 Å². The quantitative estimate of drug-likeness (QED) is 0.551. The smallest absolute Gasteiger partial charge is 0.229 e. The van der Waals surface area contributed by atoms with Crippen LogP contribution >= 0.6 is 0 Å². The molecule has 2 aromatic heterocycles. The summed E-state index contributed by atoms with van der Waals surface area (Å²) in [5, 5.41) is 3.01. The Morgan fingerprint density at radius 2 is 1.82 bits per heavy atom. The number of carbonyl (C=O) groups excluding carboxylic acids is 1. The number of hydrogen-bond acceptors (Lipinski definition) is 2. The number of carbonyl (C=O) groups is 1. The van der Waals surface area contributed by atoms with Crippen molar-refractivity contribution in [3.8, 4) is 11.3 Å². The van der Waals surface area contributed by atoms with Gasteiger partial charge in [0.15, 0.2) is 0 Å². The van der Waals surface area contributed by atoms with Crippen LogP contribution in [0.25, 0.3) is 16.9 Å². The highest BCUT2D eigenvalue weighted by Crippen LogP contribution is 2.31. The molecule has 0 bridgehead atoms. The molecule has 4 rings (SSSR count). The zero-order valence-electron chi connectivity index (χ0n) is 15.7. The lowest BCUT2D eigenvalue weighted by atomic mass is 10.1. The number of hydrogen-bond donors (Lipinski definition) is 1. The molecule has 0 aliphatic rings. The monoisotopic (exact) mass is 373 g/mol. The van der Waals surface area contributed by atoms with E-state index in [2.05, 4.69) is 5.32 Å². The number of aryl methyl sites for hydroxylation is 2. The molecule has 0 unspecified atom stereocenters. The van der Waals surface area contributed by atoms with E-state index in [-0.39, 0.29) is 18.1 Å². The first-order valence-electron chi connectivity index (χ1n) is 9.10. The van der Waals surface area contributed by atoms with Gasteiger partial charge in [-0.3, -0.25) is 9.20 Å². The number of rotatable bonds is 4. The molecule has 2 heterocycles. The summed E-state index contributed by atoms with van der Waals surface area (Å²) in [7, 11) is 0. The van der Waals surface area contributed by atoms with Gasteiger partial charge in [0.1, 0.15) is 23.0 Å². The molecule has 1 N–H and O–H groups in total. The minimum Gasteiger partial charge on any atom is -0.310 e. The van der Waals surface area contributed by atoms with E-state index in [0.717, 1.165) is 33.6 Å². The molecule has 0 radical (unpaired) electrons. The van der Waals surface area contributed by atoms with Crippen molar-refractivity contribution < 1.29 is 9.18 Å². The van der Waals surface area contributed by atoms with Crippen LogP contribution in [0.15, 0.2) is 66.9 Å². The van der Waals surface area contributed by atoms with Crippen LogP contribution < -0.4 is 5.32 Å². The third kappa shape index (κ3) is 3.51. The summed E-state index contributed by atoms with van der Waals surface area (Å²) in [4.78, 5) is 17.5. The predicted octanol–water partition coefficient (Wildman–Crippen LogP) is 4.94. The molecule has 28 heavy (non-hydrogen) atoms. The van der Waals surface area contributed by atoms with Gasteiger partial charge >= 0.3 is 0 Å². The molecule has 0 atom stereocenters. The number of benzene rings is 2. The molecule has 0 saturated heterocycles. The molecule has 0 saturated carbocycles. The number of pyridine rings is 1. The Balaban J connectivity index is 1.74. The van der Waals surface area contributed by atoms with Crippen LogP contribution in [0.5, 0.6) is 0 Å². The number of imidazole rings is 1. The summed E-state index contributed by atoms with van der Waals surface area (Å²) >= 11 is 0. The average Bonchev–Trinajstić information content (AvgIpc) is 3.01. The standard InChI is InChI=1S/C23H20FN3O/c1-15-11-12-27-20(13-15)25-22(19-6-4-3-5-16(19)2)23(27)26-21(28)14-17-7-9-18(24)10-8-17/h3-13H,14H2,1-2H3,(H,26,28). The maximum absolute atomic E-state index is 13.1. The number of aromatic nitrogens is 2. The van der Waals surface area contributed by atoms with E-state index in [0.29, 0.717) is 5.82 Å². The van der Waals surface area contributed by atoms with Crippen molar-refractivity contribution in [1.82, 2.24) is 9.38 Å². The van der Waals surface area contributed by atoms with E-state index in [4.69, 9.17) is 4.98 Å². The van der Waals surface area contributed by atoms with E-state index in [1.807, 2.05) is 60.8 Å². The summed E-state index contributed by atoms with van der Waals surface area (Å²) in [5.41, 5.74) is 5.41. The number of amides is 1. The Hall–Kier alpha value is -3.47. The average molecular weight is 373 g/mol. The Labute approximate surface area is 162 Å². The van der Waals surface area contributed by atoms with E-state index in [1.54, 1.807) is 12.1 Å². The van der Waals surface area contributed by atoms with E-state index >= 15 is 0 Å². The number of fused-ring (bicyclic) bond motifs is 1. The van der Waals surface area contributed by atoms with Crippen LogP contribution in [0.3, 0.4) is 0 Å². The topological polar surface area (TPSA) is 46.4 Å². The summed E-state index contributed by atoms with van der Waals surface area (Å²) in [5.74, 6) is 0.142. The van der Waals surface area contributed by atoms with Crippen molar-refractivity contribution in [3.05, 3.63) is 89.4 Å². The van der Waals surface area contributed by atoms with E-state index < -0.39 is 0 Å². The van der Waals surface area contributed by atoms with Crippen molar-refractivity contribution in [1.29, 1.82) is 0 Å². The zero-order valence-corrected chi connectivity index (χ0v) is 15.7. The second-order valence-electron chi connectivity index (χ2n) is 6.91. The molecule has 1 amide bonds. The van der Waals surface area contributed by atoms with Crippen LogP contribution in [-0.4, -0.2) is 15.3 Å². The van der Waals surface area contributed by atoms with Gasteiger partial charge in [0, 0.05) is 11.8 Å². The fraction of sp³-hybridized carbons (Fsp3) is 0.130. The van der Waals surface area contributed by atoms with E-state index in [1.165, 1.54) is 12.1 Å². The first-order valence-corrected chi connectivity index (χ1v) is 9.10. The SMILES string of the molecule is Cc1ccn2c(NC(=O)Cc3ccc(F)cc3)c(-c3ccccc3C)nc2c1. The van der Waals surface area contributed by atoms with Crippen molar-refractivity contribution in [2.45, 2.75) is 20.3 Å². The number of anilines is 1. The van der Waals surface area contributed by atoms with Crippen LogP contribution in [-0.2, 0) is 11.2 Å². The lowest BCUT2D eigenvalue weighted by Crippen LogP contribution is -2.16. The fourth-order valence-corrected chi connectivity index (χ4v) is 3.26. The molecule has 0 aliphatic heterocycles. The molecule has 5 heteroatoms. The number of nitrogens with one attached hydrogen (secondary N) is 1. The summed E-state index contributed by atoms with van der Waals surface area (Å²) in [6.45, 7) is 4.03. The van der Waals surface area contributed by atoms with Gasteiger partial charge in [-0.05, 0) is 54.8 Å². The minimum atomic E-state index is -0.317. The van der Waals surface area contributed by atoms with Crippen LogP contribution in [0.4, 0.5) is 10.2 Å². The molecular weight excluding hydrogens is 353 g/mol. The maximum Gasteiger partial charge on any atom is 0.229 e. The Morgan fingerprint density at radius 1 is 1.07 bits per heavy atom. The van der Waals surface area contributed by atoms with Crippen LogP contribution in [0.1, 0.15) is 16.7 Å². The lowest BCUT2D eigenvalue weighted by molar-refractivity contribution is -0.115. The lowest BCUT2D eigenvalue weighted by Gasteiger charge is -2.09. The van der Waals surface area contributed by atoms with Crippen molar-refractivity contribution >= 4 is 17.4 Å². The number of halogens is 1. The third-order valence-corrected chi connectivity index (χ3v) is 4.72. The Morgan fingerprint density at radius 3 is 2.57 bits per heavy atom. The highest BCUT2D eigenvalue weighted by atomic mass is 19.1. The van der Waals surface area contributed by atoms with Crippen LogP contribution in [0.2, 0.25) is 0 Å². The molecule has 4 nitrogen and oxygen atoms in total. The van der Waals surface area contributed by atoms with Gasteiger partial charge in [-0.2, -0.15) is 0 Å². The number of nitrogens with zero attached hydrogens (tertiary/aromatic N) is 2. The van der Waals surface area contributed by atoms with Crippen molar-refractivity contribution in [2.24, 2.45) is 0 Å². The van der Waals surface area contributed by atoms with Gasteiger partial charge in [0.05, 0.1) is 6.42 Å². The first kappa shape index (κ1) is 17.9. The van der Waals surface area contributed by atoms with Crippen molar-refractivity contribution in [3.63, 3.8) is 0 Å². The minimum absolute atomic E-state index is 0.159. The summed E-state index contributed by atoms with van der Waals surface area (Å²) in [6, 6.07) is 17.9. The van der Waals surface area contributed by atoms with Gasteiger partial charge in [-0.1, -0.05) is 36.4 Å².